The van der Waals surface area contributed by atoms with Gasteiger partial charge in [0.15, 0.2) is 0 Å². The molecule has 2 unspecified atom stereocenters. The molecule has 0 aliphatic rings. The third kappa shape index (κ3) is 7.47. The second kappa shape index (κ2) is 13.3. The number of rotatable bonds is 15. The van der Waals surface area contributed by atoms with Gasteiger partial charge < -0.3 is 18.3 Å². The highest BCUT2D eigenvalue weighted by Crippen LogP contribution is 2.30. The fourth-order valence-electron chi connectivity index (χ4n) is 3.73. The van der Waals surface area contributed by atoms with Crippen LogP contribution in [0, 0.1) is 0 Å². The quantitative estimate of drug-likeness (QED) is 0.312. The summed E-state index contributed by atoms with van der Waals surface area (Å²) in [6.07, 6.45) is 5.40. The second-order valence-corrected chi connectivity index (χ2v) is 10.7. The van der Waals surface area contributed by atoms with Crippen molar-refractivity contribution in [3.05, 3.63) is 78.4 Å². The van der Waals surface area contributed by atoms with E-state index in [0.29, 0.717) is 19.3 Å². The maximum absolute atomic E-state index is 6.73. The van der Waals surface area contributed by atoms with Gasteiger partial charge in [-0.05, 0) is 23.6 Å². The Bertz CT molecular complexity index is 823. The molecule has 0 N–H and O–H groups in total. The molecule has 0 aliphatic carbocycles. The molecule has 0 fully saturated rings. The molecule has 5 heteroatoms. The average molecular weight is 441 g/mol. The van der Waals surface area contributed by atoms with Crippen molar-refractivity contribution in [3.63, 3.8) is 0 Å². The Morgan fingerprint density at radius 2 is 1.65 bits per heavy atom. The Kier molecular flexibility index (Phi) is 10.7. The fourth-order valence-corrected chi connectivity index (χ4v) is 7.24. The van der Waals surface area contributed by atoms with Crippen LogP contribution in [0.25, 0.3) is 12.2 Å². The van der Waals surface area contributed by atoms with Crippen LogP contribution in [0.3, 0.4) is 0 Å². The monoisotopic (exact) mass is 440 g/mol. The summed E-state index contributed by atoms with van der Waals surface area (Å²) in [4.78, 5) is 0. The molecule has 2 atom stereocenters. The van der Waals surface area contributed by atoms with Crippen molar-refractivity contribution >= 4 is 20.7 Å². The summed E-state index contributed by atoms with van der Waals surface area (Å²) in [6, 6.07) is 17.8. The summed E-state index contributed by atoms with van der Waals surface area (Å²) in [7, 11) is 0.740. The summed E-state index contributed by atoms with van der Waals surface area (Å²) >= 11 is 0. The molecule has 0 aliphatic heterocycles. The van der Waals surface area contributed by atoms with Gasteiger partial charge in [-0.25, -0.2) is 0 Å². The summed E-state index contributed by atoms with van der Waals surface area (Å²) in [5.41, 5.74) is 3.33. The number of methoxy groups -OCH3 is 2. The van der Waals surface area contributed by atoms with Gasteiger partial charge in [0.05, 0.1) is 12.7 Å². The van der Waals surface area contributed by atoms with Crippen LogP contribution in [0.5, 0.6) is 5.75 Å². The minimum absolute atomic E-state index is 0.0837. The minimum Gasteiger partial charge on any atom is -0.519 e. The van der Waals surface area contributed by atoms with Crippen LogP contribution < -0.4 is 4.43 Å². The third-order valence-electron chi connectivity index (χ3n) is 5.30. The van der Waals surface area contributed by atoms with Crippen molar-refractivity contribution < 1.29 is 18.3 Å². The molecule has 2 aromatic carbocycles. The molecular formula is C26H36O4Si. The first-order chi connectivity index (χ1) is 15.1. The zero-order valence-corrected chi connectivity index (χ0v) is 20.1. The predicted octanol–water partition coefficient (Wildman–Crippen LogP) is 6.12. The topological polar surface area (TPSA) is 36.9 Å². The Morgan fingerprint density at radius 3 is 2.29 bits per heavy atom. The van der Waals surface area contributed by atoms with Crippen LogP contribution in [-0.2, 0) is 20.3 Å². The summed E-state index contributed by atoms with van der Waals surface area (Å²) in [5.74, 6) is 0.816. The molecule has 0 spiro atoms. The zero-order chi connectivity index (χ0) is 22.5. The van der Waals surface area contributed by atoms with Gasteiger partial charge in [0, 0.05) is 38.5 Å². The Labute approximate surface area is 188 Å². The van der Waals surface area contributed by atoms with Crippen molar-refractivity contribution in [3.8, 4) is 5.75 Å². The van der Waals surface area contributed by atoms with Crippen LogP contribution in [-0.4, -0.2) is 42.1 Å². The number of hydrogen-bond acceptors (Lipinski definition) is 4. The lowest BCUT2D eigenvalue weighted by Crippen LogP contribution is -2.49. The van der Waals surface area contributed by atoms with E-state index in [0.717, 1.165) is 35.8 Å². The molecule has 2 rings (SSSR count). The van der Waals surface area contributed by atoms with Gasteiger partial charge in [0.1, 0.15) is 5.75 Å². The molecule has 2 aromatic rings. The highest BCUT2D eigenvalue weighted by atomic mass is 28.4. The van der Waals surface area contributed by atoms with Crippen molar-refractivity contribution in [2.45, 2.75) is 38.0 Å². The van der Waals surface area contributed by atoms with E-state index in [2.05, 4.69) is 38.3 Å². The molecule has 168 valence electrons. The summed E-state index contributed by atoms with van der Waals surface area (Å²) in [5, 5.41) is 0. The number of hydrogen-bond donors (Lipinski definition) is 0. The van der Waals surface area contributed by atoms with E-state index in [1.165, 1.54) is 5.56 Å². The average Bonchev–Trinajstić information content (AvgIpc) is 2.79. The number of para-hydroxylation sites is 1. The van der Waals surface area contributed by atoms with Crippen LogP contribution in [0.15, 0.2) is 61.7 Å². The first-order valence-electron chi connectivity index (χ1n) is 10.9. The maximum atomic E-state index is 6.73. The summed E-state index contributed by atoms with van der Waals surface area (Å²) < 4.78 is 24.5. The van der Waals surface area contributed by atoms with Crippen molar-refractivity contribution in [1.82, 2.24) is 0 Å². The lowest BCUT2D eigenvalue weighted by molar-refractivity contribution is 0.0335. The molecule has 0 heterocycles. The normalized spacial score (nSPS) is 13.9. The van der Waals surface area contributed by atoms with Gasteiger partial charge in [0.2, 0.25) is 0 Å². The Morgan fingerprint density at radius 1 is 0.968 bits per heavy atom. The molecule has 0 aromatic heterocycles. The van der Waals surface area contributed by atoms with Gasteiger partial charge in [-0.1, -0.05) is 81.1 Å². The van der Waals surface area contributed by atoms with E-state index in [1.807, 2.05) is 42.5 Å². The molecule has 0 amide bonds. The van der Waals surface area contributed by atoms with E-state index in [1.54, 1.807) is 14.2 Å². The molecule has 0 bridgehead atoms. The zero-order valence-electron chi connectivity index (χ0n) is 19.1. The SMILES string of the molecule is C=Cc1ccccc1CCO[Si](CCC)(CC(COC)OC)Oc1ccccc1C=C. The standard InChI is InChI=1S/C26H36O4Si/c1-6-19-31(21-25(28-5)20-27-4,30-26-16-12-11-14-23(26)8-3)29-18-17-24-15-10-9-13-22(24)7-2/h7-16,25H,2-3,6,17-21H2,1,4-5H3. The van der Waals surface area contributed by atoms with Crippen LogP contribution >= 0.6 is 0 Å². The molecular weight excluding hydrogens is 404 g/mol. The van der Waals surface area contributed by atoms with Crippen LogP contribution in [0.2, 0.25) is 12.1 Å². The minimum atomic E-state index is -2.67. The first kappa shape index (κ1) is 25.1. The molecule has 31 heavy (non-hydrogen) atoms. The lowest BCUT2D eigenvalue weighted by Gasteiger charge is -2.34. The molecule has 0 radical (unpaired) electrons. The number of benzene rings is 2. The largest absolute Gasteiger partial charge is 0.519 e. The Balaban J connectivity index is 2.29. The van der Waals surface area contributed by atoms with Gasteiger partial charge in [-0.15, -0.1) is 0 Å². The molecule has 4 nitrogen and oxygen atoms in total. The van der Waals surface area contributed by atoms with Crippen LogP contribution in [0.1, 0.15) is 30.0 Å². The van der Waals surface area contributed by atoms with E-state index >= 15 is 0 Å². The predicted molar refractivity (Wildman–Crippen MR) is 132 cm³/mol. The fraction of sp³-hybridized carbons (Fsp3) is 0.385. The van der Waals surface area contributed by atoms with Crippen molar-refractivity contribution in [2.24, 2.45) is 0 Å². The van der Waals surface area contributed by atoms with E-state index in [-0.39, 0.29) is 6.10 Å². The van der Waals surface area contributed by atoms with Gasteiger partial charge in [-0.2, -0.15) is 0 Å². The van der Waals surface area contributed by atoms with Crippen molar-refractivity contribution in [1.29, 1.82) is 0 Å². The van der Waals surface area contributed by atoms with Crippen molar-refractivity contribution in [2.75, 3.05) is 27.4 Å². The summed E-state index contributed by atoms with van der Waals surface area (Å²) in [6.45, 7) is 11.1. The highest BCUT2D eigenvalue weighted by Gasteiger charge is 2.42. The third-order valence-corrected chi connectivity index (χ3v) is 8.96. The lowest BCUT2D eigenvalue weighted by atomic mass is 10.1. The second-order valence-electron chi connectivity index (χ2n) is 7.52. The first-order valence-corrected chi connectivity index (χ1v) is 13.1. The maximum Gasteiger partial charge on any atom is 0.401 e. The van der Waals surface area contributed by atoms with Gasteiger partial charge in [0.25, 0.3) is 0 Å². The smallest absolute Gasteiger partial charge is 0.401 e. The molecule has 0 saturated carbocycles. The van der Waals surface area contributed by atoms with E-state index < -0.39 is 8.56 Å². The number of ether oxygens (including phenoxy) is 2. The van der Waals surface area contributed by atoms with Gasteiger partial charge >= 0.3 is 8.56 Å². The Hall–Kier alpha value is -2.18. The highest BCUT2D eigenvalue weighted by molar-refractivity contribution is 6.68. The molecule has 0 saturated heterocycles. The van der Waals surface area contributed by atoms with E-state index in [4.69, 9.17) is 18.3 Å². The van der Waals surface area contributed by atoms with E-state index in [9.17, 15) is 0 Å². The van der Waals surface area contributed by atoms with Crippen LogP contribution in [0.4, 0.5) is 0 Å². The van der Waals surface area contributed by atoms with Gasteiger partial charge in [-0.3, -0.25) is 0 Å².